The summed E-state index contributed by atoms with van der Waals surface area (Å²) in [4.78, 5) is 12.7. The zero-order valence-electron chi connectivity index (χ0n) is 21.0. The van der Waals surface area contributed by atoms with E-state index in [1.807, 2.05) is 0 Å². The molecule has 0 aromatic heterocycles. The average Bonchev–Trinajstić information content (AvgIpc) is 2.89. The molecule has 0 spiro atoms. The van der Waals surface area contributed by atoms with Gasteiger partial charge in [0.25, 0.3) is 16.0 Å². The summed E-state index contributed by atoms with van der Waals surface area (Å²) < 4.78 is 38.4. The van der Waals surface area contributed by atoms with Gasteiger partial charge in [-0.15, -0.1) is 5.11 Å². The van der Waals surface area contributed by atoms with Gasteiger partial charge in [0.15, 0.2) is 0 Å². The molecular formula is C26H20Cl2N3NaO6S. The Balaban J connectivity index is 0.00000420. The maximum atomic E-state index is 13.5. The SMILES string of the molecule is CCc1cc(N=Nc2c([O-])c(C(=O)Nc3c(Cl)cccc3OC)cc3ccccc23)c(Cl)c(S(=O)(=O)O)c1.[Na+]. The number of carbonyl (C=O) groups excluding carboxylic acids is 1. The number of nitrogens with one attached hydrogen (secondary N) is 1. The van der Waals surface area contributed by atoms with Gasteiger partial charge in [-0.1, -0.05) is 66.2 Å². The minimum atomic E-state index is -4.64. The third-order valence-electron chi connectivity index (χ3n) is 5.68. The Morgan fingerprint density at radius 2 is 1.79 bits per heavy atom. The number of nitrogens with zero attached hydrogens (tertiary/aromatic N) is 2. The molecular weight excluding hydrogens is 576 g/mol. The predicted molar refractivity (Wildman–Crippen MR) is 144 cm³/mol. The van der Waals surface area contributed by atoms with Gasteiger partial charge < -0.3 is 15.2 Å². The van der Waals surface area contributed by atoms with Crippen LogP contribution in [0.3, 0.4) is 0 Å². The first-order chi connectivity index (χ1) is 18.0. The molecule has 196 valence electrons. The molecule has 0 aliphatic carbocycles. The minimum Gasteiger partial charge on any atom is -0.870 e. The molecule has 0 fully saturated rings. The molecule has 4 aromatic rings. The van der Waals surface area contributed by atoms with E-state index in [0.717, 1.165) is 0 Å². The molecule has 39 heavy (non-hydrogen) atoms. The van der Waals surface area contributed by atoms with E-state index >= 15 is 0 Å². The van der Waals surface area contributed by atoms with Crippen LogP contribution in [0.1, 0.15) is 22.8 Å². The molecule has 9 nitrogen and oxygen atoms in total. The molecule has 13 heteroatoms. The predicted octanol–water partition coefficient (Wildman–Crippen LogP) is 3.71. The van der Waals surface area contributed by atoms with Crippen molar-refractivity contribution in [2.24, 2.45) is 10.2 Å². The molecule has 0 radical (unpaired) electrons. The first kappa shape index (κ1) is 30.8. The van der Waals surface area contributed by atoms with Crippen LogP contribution in [0.2, 0.25) is 10.0 Å². The second-order valence-electron chi connectivity index (χ2n) is 8.05. The third-order valence-corrected chi connectivity index (χ3v) is 7.38. The fourth-order valence-electron chi connectivity index (χ4n) is 3.76. The van der Waals surface area contributed by atoms with Crippen molar-refractivity contribution in [1.29, 1.82) is 0 Å². The zero-order valence-corrected chi connectivity index (χ0v) is 25.4. The average molecular weight is 596 g/mol. The Morgan fingerprint density at radius 1 is 1.08 bits per heavy atom. The summed E-state index contributed by atoms with van der Waals surface area (Å²) in [7, 11) is -3.22. The molecule has 0 aliphatic heterocycles. The van der Waals surface area contributed by atoms with Crippen LogP contribution in [0, 0.1) is 0 Å². The van der Waals surface area contributed by atoms with Gasteiger partial charge in [0.1, 0.15) is 22.0 Å². The number of azo groups is 1. The fourth-order valence-corrected chi connectivity index (χ4v) is 5.04. The van der Waals surface area contributed by atoms with Gasteiger partial charge in [0.2, 0.25) is 0 Å². The number of carbonyl (C=O) groups is 1. The molecule has 0 atom stereocenters. The first-order valence-corrected chi connectivity index (χ1v) is 13.3. The summed E-state index contributed by atoms with van der Waals surface area (Å²) in [6.07, 6.45) is 0.416. The third kappa shape index (κ3) is 6.55. The van der Waals surface area contributed by atoms with Crippen molar-refractivity contribution < 1.29 is 57.2 Å². The van der Waals surface area contributed by atoms with Crippen molar-refractivity contribution in [2.45, 2.75) is 18.2 Å². The number of amides is 1. The smallest absolute Gasteiger partial charge is 0.870 e. The van der Waals surface area contributed by atoms with Crippen LogP contribution in [0.5, 0.6) is 11.5 Å². The van der Waals surface area contributed by atoms with Gasteiger partial charge in [0.05, 0.1) is 22.8 Å². The normalized spacial score (nSPS) is 11.4. The van der Waals surface area contributed by atoms with Crippen molar-refractivity contribution in [2.75, 3.05) is 12.4 Å². The van der Waals surface area contributed by atoms with Gasteiger partial charge >= 0.3 is 29.6 Å². The molecule has 0 unspecified atom stereocenters. The summed E-state index contributed by atoms with van der Waals surface area (Å²) in [6, 6.07) is 15.7. The van der Waals surface area contributed by atoms with Crippen molar-refractivity contribution in [3.63, 3.8) is 0 Å². The fraction of sp³-hybridized carbons (Fsp3) is 0.115. The number of fused-ring (bicyclic) bond motifs is 1. The van der Waals surface area contributed by atoms with Crippen molar-refractivity contribution >= 4 is 67.1 Å². The van der Waals surface area contributed by atoms with E-state index in [-0.39, 0.29) is 62.2 Å². The molecule has 0 saturated heterocycles. The number of halogens is 2. The second-order valence-corrected chi connectivity index (χ2v) is 10.2. The molecule has 2 N–H and O–H groups in total. The summed E-state index contributed by atoms with van der Waals surface area (Å²) >= 11 is 12.4. The summed E-state index contributed by atoms with van der Waals surface area (Å²) in [5, 5.41) is 25.0. The summed E-state index contributed by atoms with van der Waals surface area (Å²) in [5.41, 5.74) is 0.249. The number of anilines is 1. The number of para-hydroxylation sites is 1. The van der Waals surface area contributed by atoms with Gasteiger partial charge in [-0.25, -0.2) is 0 Å². The standard InChI is InChI=1S/C26H21Cl2N3O6S.Na/c1-3-14-11-19(22(28)21(12-14)38(34,35)36)30-31-23-16-8-5-4-7-15(16)13-17(25(23)32)26(33)29-24-18(27)9-6-10-20(24)37-2;/h4-13,32H,3H2,1-2H3,(H,29,33)(H,34,35,36);/q;+1/p-1. The maximum Gasteiger partial charge on any atom is 1.00 e. The molecule has 0 aliphatic rings. The van der Waals surface area contributed by atoms with Crippen LogP contribution in [0.25, 0.3) is 10.8 Å². The van der Waals surface area contributed by atoms with Crippen LogP contribution in [0.15, 0.2) is 75.8 Å². The zero-order chi connectivity index (χ0) is 27.6. The molecule has 0 saturated carbocycles. The maximum absolute atomic E-state index is 13.5. The van der Waals surface area contributed by atoms with Gasteiger partial charge in [-0.05, 0) is 47.7 Å². The number of ether oxygens (including phenoxy) is 1. The van der Waals surface area contributed by atoms with Gasteiger partial charge in [0, 0.05) is 10.9 Å². The Kier molecular flexibility index (Phi) is 10.0. The Labute approximate surface area is 256 Å². The van der Waals surface area contributed by atoms with E-state index in [1.54, 1.807) is 49.4 Å². The number of hydrogen-bond donors (Lipinski definition) is 2. The van der Waals surface area contributed by atoms with Crippen LogP contribution >= 0.6 is 23.2 Å². The molecule has 4 rings (SSSR count). The Hall–Kier alpha value is -2.70. The molecule has 4 aromatic carbocycles. The van der Waals surface area contributed by atoms with Crippen LogP contribution < -0.4 is 44.7 Å². The Morgan fingerprint density at radius 3 is 2.46 bits per heavy atom. The van der Waals surface area contributed by atoms with E-state index in [1.165, 1.54) is 25.3 Å². The van der Waals surface area contributed by atoms with E-state index < -0.39 is 26.7 Å². The van der Waals surface area contributed by atoms with Crippen molar-refractivity contribution in [3.8, 4) is 11.5 Å². The van der Waals surface area contributed by atoms with E-state index in [4.69, 9.17) is 27.9 Å². The monoisotopic (exact) mass is 595 g/mol. The topological polar surface area (TPSA) is 140 Å². The number of benzene rings is 4. The van der Waals surface area contributed by atoms with E-state index in [0.29, 0.717) is 28.5 Å². The van der Waals surface area contributed by atoms with Crippen LogP contribution in [-0.4, -0.2) is 26.0 Å². The largest absolute Gasteiger partial charge is 1.00 e. The minimum absolute atomic E-state index is 0. The quantitative estimate of drug-likeness (QED) is 0.189. The van der Waals surface area contributed by atoms with Crippen molar-refractivity contribution in [3.05, 3.63) is 81.8 Å². The Bertz CT molecular complexity index is 1710. The van der Waals surface area contributed by atoms with Gasteiger partial charge in [-0.2, -0.15) is 13.5 Å². The number of aryl methyl sites for hydroxylation is 1. The second kappa shape index (κ2) is 12.6. The van der Waals surface area contributed by atoms with E-state index in [2.05, 4.69) is 15.5 Å². The van der Waals surface area contributed by atoms with Crippen LogP contribution in [0.4, 0.5) is 17.1 Å². The summed E-state index contributed by atoms with van der Waals surface area (Å²) in [5.74, 6) is -1.17. The number of hydrogen-bond acceptors (Lipinski definition) is 7. The van der Waals surface area contributed by atoms with Crippen LogP contribution in [-0.2, 0) is 16.5 Å². The molecule has 0 bridgehead atoms. The molecule has 1 amide bonds. The number of rotatable bonds is 7. The molecule has 0 heterocycles. The van der Waals surface area contributed by atoms with E-state index in [9.17, 15) is 22.9 Å². The number of methoxy groups -OCH3 is 1. The van der Waals surface area contributed by atoms with Crippen molar-refractivity contribution in [1.82, 2.24) is 0 Å². The van der Waals surface area contributed by atoms with Gasteiger partial charge in [-0.3, -0.25) is 9.35 Å². The summed E-state index contributed by atoms with van der Waals surface area (Å²) in [6.45, 7) is 1.78. The first-order valence-electron chi connectivity index (χ1n) is 11.1.